The van der Waals surface area contributed by atoms with Gasteiger partial charge in [-0.1, -0.05) is 32.1 Å². The van der Waals surface area contributed by atoms with Crippen LogP contribution in [0.5, 0.6) is 0 Å². The highest BCUT2D eigenvalue weighted by Crippen LogP contribution is 2.32. The first-order valence-electron chi connectivity index (χ1n) is 11.7. The Kier molecular flexibility index (Phi) is 9.56. The molecule has 2 aliphatic rings. The van der Waals surface area contributed by atoms with Gasteiger partial charge in [0.15, 0.2) is 0 Å². The summed E-state index contributed by atoms with van der Waals surface area (Å²) in [5, 5.41) is 14.9. The molecule has 0 spiro atoms. The number of hydrogen-bond acceptors (Lipinski definition) is 4. The standard InChI is InChI=1S/C23H39FN2O5/c1-23(2,3)31-22(30)26-19(14-24)16-9-11-17(12-10-16)20(27)25-18(21(28)29)13-15-7-5-4-6-8-15/h15-19H,4-14H2,1-3H3,(H,25,27)(H,26,30)(H,28,29)/t16?,17?,18-,19+/m0/s1. The Morgan fingerprint density at radius 3 is 2.13 bits per heavy atom. The zero-order valence-corrected chi connectivity index (χ0v) is 19.1. The third kappa shape index (κ3) is 8.65. The number of amides is 2. The fourth-order valence-corrected chi connectivity index (χ4v) is 4.79. The summed E-state index contributed by atoms with van der Waals surface area (Å²) in [6.45, 7) is 4.56. The second-order valence-electron chi connectivity index (χ2n) is 10.2. The van der Waals surface area contributed by atoms with E-state index in [1.165, 1.54) is 6.42 Å². The molecule has 0 bridgehead atoms. The molecule has 178 valence electrons. The minimum absolute atomic E-state index is 0.0703. The second kappa shape index (κ2) is 11.7. The average molecular weight is 443 g/mol. The molecule has 8 heteroatoms. The van der Waals surface area contributed by atoms with Crippen LogP contribution in [0.1, 0.15) is 85.0 Å². The summed E-state index contributed by atoms with van der Waals surface area (Å²) in [6, 6.07) is -1.49. The van der Waals surface area contributed by atoms with E-state index in [4.69, 9.17) is 4.74 Å². The minimum Gasteiger partial charge on any atom is -0.480 e. The average Bonchev–Trinajstić information content (AvgIpc) is 2.71. The highest BCUT2D eigenvalue weighted by molar-refractivity contribution is 5.85. The molecule has 2 saturated carbocycles. The van der Waals surface area contributed by atoms with Crippen molar-refractivity contribution in [3.63, 3.8) is 0 Å². The molecule has 0 aromatic carbocycles. The van der Waals surface area contributed by atoms with Crippen molar-refractivity contribution in [1.29, 1.82) is 0 Å². The summed E-state index contributed by atoms with van der Waals surface area (Å²) in [5.74, 6) is -1.19. The molecule has 0 radical (unpaired) electrons. The SMILES string of the molecule is CC(C)(C)OC(=O)N[C@H](CF)C1CCC(C(=O)N[C@@H](CC2CCCCC2)C(=O)O)CC1. The van der Waals surface area contributed by atoms with Gasteiger partial charge in [0.1, 0.15) is 18.3 Å². The molecule has 0 aromatic rings. The van der Waals surface area contributed by atoms with E-state index in [1.807, 2.05) is 0 Å². The summed E-state index contributed by atoms with van der Waals surface area (Å²) in [7, 11) is 0. The lowest BCUT2D eigenvalue weighted by Gasteiger charge is -2.33. The van der Waals surface area contributed by atoms with E-state index in [9.17, 15) is 23.9 Å². The van der Waals surface area contributed by atoms with Crippen molar-refractivity contribution in [3.05, 3.63) is 0 Å². The van der Waals surface area contributed by atoms with Gasteiger partial charge in [-0.25, -0.2) is 14.0 Å². The Morgan fingerprint density at radius 2 is 1.61 bits per heavy atom. The molecular formula is C23H39FN2O5. The van der Waals surface area contributed by atoms with Crippen LogP contribution in [0.3, 0.4) is 0 Å². The second-order valence-corrected chi connectivity index (χ2v) is 10.2. The summed E-state index contributed by atoms with van der Waals surface area (Å²) >= 11 is 0. The van der Waals surface area contributed by atoms with E-state index in [-0.39, 0.29) is 17.7 Å². The lowest BCUT2D eigenvalue weighted by Crippen LogP contribution is -2.48. The fraction of sp³-hybridized carbons (Fsp3) is 0.870. The predicted octanol–water partition coefficient (Wildman–Crippen LogP) is 4.20. The number of hydrogen-bond donors (Lipinski definition) is 3. The minimum atomic E-state index is -0.980. The van der Waals surface area contributed by atoms with Gasteiger partial charge in [0.05, 0.1) is 6.04 Å². The van der Waals surface area contributed by atoms with E-state index in [0.717, 1.165) is 25.7 Å². The van der Waals surface area contributed by atoms with Crippen molar-refractivity contribution in [2.24, 2.45) is 17.8 Å². The molecule has 0 aliphatic heterocycles. The molecule has 31 heavy (non-hydrogen) atoms. The van der Waals surface area contributed by atoms with Gasteiger partial charge in [-0.3, -0.25) is 4.79 Å². The van der Waals surface area contributed by atoms with E-state index < -0.39 is 36.4 Å². The highest BCUT2D eigenvalue weighted by atomic mass is 19.1. The fourth-order valence-electron chi connectivity index (χ4n) is 4.79. The van der Waals surface area contributed by atoms with Crippen molar-refractivity contribution in [2.75, 3.05) is 6.67 Å². The number of rotatable bonds is 8. The van der Waals surface area contributed by atoms with E-state index in [0.29, 0.717) is 38.0 Å². The van der Waals surface area contributed by atoms with Crippen LogP contribution >= 0.6 is 0 Å². The number of aliphatic carboxylic acids is 1. The van der Waals surface area contributed by atoms with Gasteiger partial charge >= 0.3 is 12.1 Å². The molecule has 2 atom stereocenters. The lowest BCUT2D eigenvalue weighted by atomic mass is 9.78. The molecule has 2 rings (SSSR count). The van der Waals surface area contributed by atoms with E-state index in [1.54, 1.807) is 20.8 Å². The zero-order valence-electron chi connectivity index (χ0n) is 19.1. The van der Waals surface area contributed by atoms with E-state index in [2.05, 4.69) is 10.6 Å². The third-order valence-electron chi connectivity index (χ3n) is 6.49. The maximum Gasteiger partial charge on any atom is 0.407 e. The highest BCUT2D eigenvalue weighted by Gasteiger charge is 2.34. The Bertz CT molecular complexity index is 608. The van der Waals surface area contributed by atoms with Gasteiger partial charge < -0.3 is 20.5 Å². The summed E-state index contributed by atoms with van der Waals surface area (Å²) < 4.78 is 18.8. The number of carbonyl (C=O) groups is 3. The van der Waals surface area contributed by atoms with Crippen LogP contribution in [0.15, 0.2) is 0 Å². The monoisotopic (exact) mass is 442 g/mol. The molecule has 0 saturated heterocycles. The normalized spacial score (nSPS) is 24.6. The lowest BCUT2D eigenvalue weighted by molar-refractivity contribution is -0.143. The Balaban J connectivity index is 1.82. The summed E-state index contributed by atoms with van der Waals surface area (Å²) in [4.78, 5) is 36.3. The molecule has 0 aromatic heterocycles. The van der Waals surface area contributed by atoms with Gasteiger partial charge in [-0.2, -0.15) is 0 Å². The van der Waals surface area contributed by atoms with Gasteiger partial charge in [0.25, 0.3) is 0 Å². The first kappa shape index (κ1) is 25.4. The van der Waals surface area contributed by atoms with Crippen LogP contribution in [-0.2, 0) is 14.3 Å². The van der Waals surface area contributed by atoms with Gasteiger partial charge in [0, 0.05) is 5.92 Å². The van der Waals surface area contributed by atoms with Crippen LogP contribution < -0.4 is 10.6 Å². The molecule has 2 fully saturated rings. The van der Waals surface area contributed by atoms with Crippen molar-refractivity contribution in [3.8, 4) is 0 Å². The number of carboxylic acid groups (broad SMARTS) is 1. The third-order valence-corrected chi connectivity index (χ3v) is 6.49. The molecule has 7 nitrogen and oxygen atoms in total. The van der Waals surface area contributed by atoms with Gasteiger partial charge in [-0.15, -0.1) is 0 Å². The summed E-state index contributed by atoms with van der Waals surface area (Å²) in [5.41, 5.74) is -0.654. The zero-order chi connectivity index (χ0) is 23.0. The molecule has 0 heterocycles. The van der Waals surface area contributed by atoms with Crippen molar-refractivity contribution >= 4 is 18.0 Å². The van der Waals surface area contributed by atoms with Crippen molar-refractivity contribution in [2.45, 2.75) is 103 Å². The van der Waals surface area contributed by atoms with Crippen LogP contribution in [0.4, 0.5) is 9.18 Å². The Hall–Kier alpha value is -1.86. The van der Waals surface area contributed by atoms with Crippen LogP contribution in [0.2, 0.25) is 0 Å². The van der Waals surface area contributed by atoms with Gasteiger partial charge in [0.2, 0.25) is 5.91 Å². The molecule has 2 aliphatic carbocycles. The Labute approximate surface area is 184 Å². The smallest absolute Gasteiger partial charge is 0.407 e. The molecule has 3 N–H and O–H groups in total. The maximum atomic E-state index is 13.6. The van der Waals surface area contributed by atoms with Crippen molar-refractivity contribution < 1.29 is 28.6 Å². The number of nitrogens with one attached hydrogen (secondary N) is 2. The first-order chi connectivity index (χ1) is 14.6. The number of ether oxygens (including phenoxy) is 1. The van der Waals surface area contributed by atoms with Crippen LogP contribution in [0, 0.1) is 17.8 Å². The number of alkyl carbamates (subject to hydrolysis) is 1. The predicted molar refractivity (Wildman–Crippen MR) is 115 cm³/mol. The van der Waals surface area contributed by atoms with Gasteiger partial charge in [-0.05, 0) is 64.7 Å². The van der Waals surface area contributed by atoms with E-state index >= 15 is 0 Å². The number of carboxylic acids is 1. The van der Waals surface area contributed by atoms with Crippen LogP contribution in [0.25, 0.3) is 0 Å². The number of halogens is 1. The molecule has 2 amide bonds. The summed E-state index contributed by atoms with van der Waals surface area (Å²) in [6.07, 6.45) is 7.67. The number of carbonyl (C=O) groups excluding carboxylic acids is 2. The first-order valence-corrected chi connectivity index (χ1v) is 11.7. The van der Waals surface area contributed by atoms with Crippen LogP contribution in [-0.4, -0.2) is 47.4 Å². The number of alkyl halides is 1. The maximum absolute atomic E-state index is 13.6. The molecule has 0 unspecified atom stereocenters. The Morgan fingerprint density at radius 1 is 1.00 bits per heavy atom. The largest absolute Gasteiger partial charge is 0.480 e. The topological polar surface area (TPSA) is 105 Å². The quantitative estimate of drug-likeness (QED) is 0.523. The molecular weight excluding hydrogens is 403 g/mol. The van der Waals surface area contributed by atoms with Crippen molar-refractivity contribution in [1.82, 2.24) is 10.6 Å².